The molecular weight excluding hydrogens is 324 g/mol. The number of nitrogens with one attached hydrogen (secondary N) is 2. The Balaban J connectivity index is 2.33. The zero-order valence-corrected chi connectivity index (χ0v) is 13.9. The smallest absolute Gasteiger partial charge is 0.338 e. The fourth-order valence-corrected chi connectivity index (χ4v) is 2.72. The van der Waals surface area contributed by atoms with E-state index in [0.29, 0.717) is 28.0 Å². The molecule has 1 atom stereocenters. The second-order valence-corrected chi connectivity index (χ2v) is 5.54. The second kappa shape index (κ2) is 7.58. The number of halogens is 1. The van der Waals surface area contributed by atoms with Gasteiger partial charge in [0.1, 0.15) is 6.61 Å². The highest BCUT2D eigenvalue weighted by Crippen LogP contribution is 2.31. The summed E-state index contributed by atoms with van der Waals surface area (Å²) in [5.41, 5.74) is 1.87. The van der Waals surface area contributed by atoms with Crippen molar-refractivity contribution in [1.82, 2.24) is 10.6 Å². The van der Waals surface area contributed by atoms with E-state index in [4.69, 9.17) is 33.3 Å². The number of carbonyl (C=O) groups excluding carboxylic acids is 1. The molecule has 1 aromatic rings. The predicted octanol–water partition coefficient (Wildman–Crippen LogP) is 2.32. The molecule has 0 bridgehead atoms. The first-order chi connectivity index (χ1) is 10.5. The monoisotopic (exact) mass is 340 g/mol. The average Bonchev–Trinajstić information content (AvgIpc) is 2.47. The summed E-state index contributed by atoms with van der Waals surface area (Å²) in [6, 6.07) is 6.86. The zero-order valence-electron chi connectivity index (χ0n) is 12.3. The van der Waals surface area contributed by atoms with Gasteiger partial charge in [0.2, 0.25) is 0 Å². The van der Waals surface area contributed by atoms with Gasteiger partial charge in [0.25, 0.3) is 0 Å². The van der Waals surface area contributed by atoms with Crippen molar-refractivity contribution in [2.45, 2.75) is 13.0 Å². The summed E-state index contributed by atoms with van der Waals surface area (Å²) >= 11 is 11.4. The molecule has 22 heavy (non-hydrogen) atoms. The first kappa shape index (κ1) is 16.7. The van der Waals surface area contributed by atoms with Crippen LogP contribution in [0.25, 0.3) is 0 Å². The zero-order chi connectivity index (χ0) is 16.1. The fourth-order valence-electron chi connectivity index (χ4n) is 2.20. The molecular formula is C15H17ClN2O3S. The first-order valence-electron chi connectivity index (χ1n) is 6.73. The number of carbonyl (C=O) groups is 1. The lowest BCUT2D eigenvalue weighted by Gasteiger charge is -2.30. The standard InChI is InChI=1S/C15H17ClN2O3S/c1-9-12(14(19)21-8-7-20-2)13(18-15(22)17-9)10-5-3-4-6-11(10)16/h3-6,13H,7-8H2,1-2H3,(H2,17,18,22)/t13-/m0/s1. The molecule has 5 nitrogen and oxygen atoms in total. The Bertz CT molecular complexity index is 619. The lowest BCUT2D eigenvalue weighted by atomic mass is 9.95. The van der Waals surface area contributed by atoms with Crippen LogP contribution in [0.3, 0.4) is 0 Å². The van der Waals surface area contributed by atoms with Gasteiger partial charge < -0.3 is 20.1 Å². The SMILES string of the molecule is COCCOC(=O)C1=C(C)NC(=S)N[C@H]1c1ccccc1Cl. The maximum atomic E-state index is 12.4. The maximum Gasteiger partial charge on any atom is 0.338 e. The van der Waals surface area contributed by atoms with Crippen LogP contribution in [0.5, 0.6) is 0 Å². The van der Waals surface area contributed by atoms with Crippen molar-refractivity contribution >= 4 is 34.9 Å². The van der Waals surface area contributed by atoms with E-state index in [1.165, 1.54) is 0 Å². The Hall–Kier alpha value is -1.63. The molecule has 0 fully saturated rings. The van der Waals surface area contributed by atoms with Crippen molar-refractivity contribution in [1.29, 1.82) is 0 Å². The molecule has 0 aliphatic carbocycles. The molecule has 1 heterocycles. The van der Waals surface area contributed by atoms with Gasteiger partial charge in [0, 0.05) is 17.8 Å². The van der Waals surface area contributed by atoms with E-state index < -0.39 is 12.0 Å². The minimum absolute atomic E-state index is 0.186. The Morgan fingerprint density at radius 3 is 2.77 bits per heavy atom. The summed E-state index contributed by atoms with van der Waals surface area (Å²) in [5.74, 6) is -0.429. The van der Waals surface area contributed by atoms with E-state index in [0.717, 1.165) is 5.56 Å². The summed E-state index contributed by atoms with van der Waals surface area (Å²) in [6.45, 7) is 2.31. The highest BCUT2D eigenvalue weighted by atomic mass is 35.5. The molecule has 1 aliphatic heterocycles. The minimum atomic E-state index is -0.447. The van der Waals surface area contributed by atoms with Crippen LogP contribution in [0.2, 0.25) is 5.02 Å². The fraction of sp³-hybridized carbons (Fsp3) is 0.333. The quantitative estimate of drug-likeness (QED) is 0.487. The van der Waals surface area contributed by atoms with Crippen LogP contribution < -0.4 is 10.6 Å². The molecule has 0 radical (unpaired) electrons. The number of hydrogen-bond donors (Lipinski definition) is 2. The van der Waals surface area contributed by atoms with Gasteiger partial charge in [-0.25, -0.2) is 4.79 Å². The Labute approximate surface area is 139 Å². The molecule has 2 rings (SSSR count). The van der Waals surface area contributed by atoms with Crippen molar-refractivity contribution in [3.63, 3.8) is 0 Å². The van der Waals surface area contributed by atoms with E-state index >= 15 is 0 Å². The number of hydrogen-bond acceptors (Lipinski definition) is 4. The first-order valence-corrected chi connectivity index (χ1v) is 7.52. The second-order valence-electron chi connectivity index (χ2n) is 4.72. The Morgan fingerprint density at radius 1 is 1.36 bits per heavy atom. The van der Waals surface area contributed by atoms with Gasteiger partial charge in [-0.15, -0.1) is 0 Å². The third kappa shape index (κ3) is 3.76. The average molecular weight is 341 g/mol. The molecule has 7 heteroatoms. The lowest BCUT2D eigenvalue weighted by molar-refractivity contribution is -0.140. The van der Waals surface area contributed by atoms with E-state index in [9.17, 15) is 4.79 Å². The van der Waals surface area contributed by atoms with Gasteiger partial charge >= 0.3 is 5.97 Å². The van der Waals surface area contributed by atoms with E-state index in [2.05, 4.69) is 10.6 Å². The predicted molar refractivity (Wildman–Crippen MR) is 88.6 cm³/mol. The highest BCUT2D eigenvalue weighted by Gasteiger charge is 2.31. The number of allylic oxidation sites excluding steroid dienone is 1. The molecule has 0 unspecified atom stereocenters. The van der Waals surface area contributed by atoms with Gasteiger partial charge in [-0.05, 0) is 30.8 Å². The maximum absolute atomic E-state index is 12.4. The van der Waals surface area contributed by atoms with Crippen LogP contribution in [0, 0.1) is 0 Å². The van der Waals surface area contributed by atoms with Crippen molar-refractivity contribution in [2.24, 2.45) is 0 Å². The molecule has 0 spiro atoms. The molecule has 0 amide bonds. The van der Waals surface area contributed by atoms with Crippen LogP contribution in [0.1, 0.15) is 18.5 Å². The molecule has 1 aliphatic rings. The molecule has 1 aromatic carbocycles. The number of esters is 1. The molecule has 0 aromatic heterocycles. The normalized spacial score (nSPS) is 17.8. The number of thiocarbonyl (C=S) groups is 1. The summed E-state index contributed by atoms with van der Waals surface area (Å²) in [4.78, 5) is 12.4. The topological polar surface area (TPSA) is 59.6 Å². The number of ether oxygens (including phenoxy) is 2. The molecule has 118 valence electrons. The number of rotatable bonds is 5. The molecule has 0 saturated heterocycles. The van der Waals surface area contributed by atoms with Crippen LogP contribution in [-0.2, 0) is 14.3 Å². The van der Waals surface area contributed by atoms with Gasteiger partial charge in [-0.2, -0.15) is 0 Å². The highest BCUT2D eigenvalue weighted by molar-refractivity contribution is 7.80. The third-order valence-corrected chi connectivity index (χ3v) is 3.79. The van der Waals surface area contributed by atoms with Crippen LogP contribution in [0.15, 0.2) is 35.5 Å². The Morgan fingerprint density at radius 2 is 2.09 bits per heavy atom. The van der Waals surface area contributed by atoms with Crippen LogP contribution in [0.4, 0.5) is 0 Å². The lowest BCUT2D eigenvalue weighted by Crippen LogP contribution is -2.45. The van der Waals surface area contributed by atoms with Gasteiger partial charge in [0.15, 0.2) is 5.11 Å². The van der Waals surface area contributed by atoms with Crippen LogP contribution in [-0.4, -0.2) is 31.4 Å². The summed E-state index contributed by atoms with van der Waals surface area (Å²) < 4.78 is 10.1. The molecule has 2 N–H and O–H groups in total. The van der Waals surface area contributed by atoms with Crippen molar-refractivity contribution < 1.29 is 14.3 Å². The van der Waals surface area contributed by atoms with Crippen LogP contribution >= 0.6 is 23.8 Å². The van der Waals surface area contributed by atoms with Gasteiger partial charge in [-0.1, -0.05) is 29.8 Å². The van der Waals surface area contributed by atoms with E-state index in [1.54, 1.807) is 20.1 Å². The van der Waals surface area contributed by atoms with Gasteiger partial charge in [0.05, 0.1) is 18.2 Å². The van der Waals surface area contributed by atoms with Crippen molar-refractivity contribution in [3.8, 4) is 0 Å². The van der Waals surface area contributed by atoms with E-state index in [-0.39, 0.29) is 6.61 Å². The summed E-state index contributed by atoms with van der Waals surface area (Å²) in [7, 11) is 1.55. The number of methoxy groups -OCH3 is 1. The molecule has 0 saturated carbocycles. The summed E-state index contributed by atoms with van der Waals surface area (Å²) in [6.07, 6.45) is 0. The number of benzene rings is 1. The third-order valence-electron chi connectivity index (χ3n) is 3.23. The largest absolute Gasteiger partial charge is 0.460 e. The minimum Gasteiger partial charge on any atom is -0.460 e. The van der Waals surface area contributed by atoms with Gasteiger partial charge in [-0.3, -0.25) is 0 Å². The Kier molecular flexibility index (Phi) is 5.76. The van der Waals surface area contributed by atoms with Crippen molar-refractivity contribution in [3.05, 3.63) is 46.1 Å². The van der Waals surface area contributed by atoms with E-state index in [1.807, 2.05) is 18.2 Å². The summed E-state index contributed by atoms with van der Waals surface area (Å²) in [5, 5.41) is 7.01. The van der Waals surface area contributed by atoms with Crippen molar-refractivity contribution in [2.75, 3.05) is 20.3 Å².